The summed E-state index contributed by atoms with van der Waals surface area (Å²) in [6, 6.07) is 0. The first-order valence-corrected chi connectivity index (χ1v) is 4.95. The SMILES string of the molecule is OCCCCCCOC1OC2OC12. The predicted molar refractivity (Wildman–Crippen MR) is 45.0 cm³/mol. The molecule has 3 unspecified atom stereocenters. The Kier molecular flexibility index (Phi) is 3.16. The molecule has 0 spiro atoms. The molecule has 2 heterocycles. The Morgan fingerprint density at radius 1 is 1.08 bits per heavy atom. The third-order valence-electron chi connectivity index (χ3n) is 2.35. The van der Waals surface area contributed by atoms with E-state index in [0.29, 0.717) is 6.61 Å². The summed E-state index contributed by atoms with van der Waals surface area (Å²) in [5, 5.41) is 8.53. The van der Waals surface area contributed by atoms with Crippen molar-refractivity contribution in [3.05, 3.63) is 0 Å². The fourth-order valence-electron chi connectivity index (χ4n) is 1.43. The molecule has 2 fully saturated rings. The monoisotopic (exact) mass is 188 g/mol. The van der Waals surface area contributed by atoms with Gasteiger partial charge in [0.2, 0.25) is 0 Å². The highest BCUT2D eigenvalue weighted by Crippen LogP contribution is 2.40. The van der Waals surface area contributed by atoms with E-state index in [1.807, 2.05) is 0 Å². The highest BCUT2D eigenvalue weighted by Gasteiger charge is 2.59. The maximum atomic E-state index is 8.53. The van der Waals surface area contributed by atoms with E-state index in [0.717, 1.165) is 32.3 Å². The van der Waals surface area contributed by atoms with Gasteiger partial charge in [0, 0.05) is 13.2 Å². The number of hydrogen-bond acceptors (Lipinski definition) is 4. The van der Waals surface area contributed by atoms with Crippen LogP contribution in [0.2, 0.25) is 0 Å². The molecule has 0 aliphatic carbocycles. The van der Waals surface area contributed by atoms with Crippen molar-refractivity contribution in [2.45, 2.75) is 44.4 Å². The molecule has 0 aromatic heterocycles. The van der Waals surface area contributed by atoms with Crippen molar-refractivity contribution >= 4 is 0 Å². The molecule has 2 saturated heterocycles. The first-order valence-electron chi connectivity index (χ1n) is 4.95. The lowest BCUT2D eigenvalue weighted by Crippen LogP contribution is -2.36. The van der Waals surface area contributed by atoms with Crippen LogP contribution >= 0.6 is 0 Å². The number of ether oxygens (including phenoxy) is 3. The largest absolute Gasteiger partial charge is 0.396 e. The van der Waals surface area contributed by atoms with Crippen LogP contribution in [-0.2, 0) is 14.2 Å². The molecule has 0 radical (unpaired) electrons. The zero-order chi connectivity index (χ0) is 9.10. The van der Waals surface area contributed by atoms with Crippen LogP contribution in [0, 0.1) is 0 Å². The summed E-state index contributed by atoms with van der Waals surface area (Å²) in [7, 11) is 0. The first kappa shape index (κ1) is 9.40. The van der Waals surface area contributed by atoms with Gasteiger partial charge in [0.1, 0.15) is 0 Å². The van der Waals surface area contributed by atoms with Gasteiger partial charge in [-0.1, -0.05) is 12.8 Å². The standard InChI is InChI=1S/C9H16O4/c10-5-3-1-2-4-6-11-8-7-9(12-7)13-8/h7-10H,1-6H2. The van der Waals surface area contributed by atoms with Crippen molar-refractivity contribution in [2.75, 3.05) is 13.2 Å². The summed E-state index contributed by atoms with van der Waals surface area (Å²) in [5.74, 6) is 0. The lowest BCUT2D eigenvalue weighted by molar-refractivity contribution is -0.202. The van der Waals surface area contributed by atoms with Gasteiger partial charge in [0.15, 0.2) is 18.7 Å². The average molecular weight is 188 g/mol. The van der Waals surface area contributed by atoms with Gasteiger partial charge in [-0.3, -0.25) is 0 Å². The molecule has 0 aromatic carbocycles. The minimum Gasteiger partial charge on any atom is -0.396 e. The molecular formula is C9H16O4. The van der Waals surface area contributed by atoms with Crippen molar-refractivity contribution in [3.8, 4) is 0 Å². The second-order valence-corrected chi connectivity index (χ2v) is 3.48. The van der Waals surface area contributed by atoms with Crippen LogP contribution in [0.5, 0.6) is 0 Å². The molecule has 4 nitrogen and oxygen atoms in total. The molecule has 0 amide bonds. The van der Waals surface area contributed by atoms with Gasteiger partial charge in [-0.15, -0.1) is 0 Å². The Morgan fingerprint density at radius 3 is 2.54 bits per heavy atom. The van der Waals surface area contributed by atoms with Gasteiger partial charge < -0.3 is 19.3 Å². The molecule has 0 saturated carbocycles. The van der Waals surface area contributed by atoms with Crippen LogP contribution in [0.4, 0.5) is 0 Å². The number of fused-ring (bicyclic) bond motifs is 1. The van der Waals surface area contributed by atoms with Crippen molar-refractivity contribution in [2.24, 2.45) is 0 Å². The van der Waals surface area contributed by atoms with Crippen LogP contribution in [0.25, 0.3) is 0 Å². The van der Waals surface area contributed by atoms with Crippen LogP contribution in [-0.4, -0.2) is 37.0 Å². The van der Waals surface area contributed by atoms with E-state index in [2.05, 4.69) is 0 Å². The van der Waals surface area contributed by atoms with Crippen molar-refractivity contribution < 1.29 is 19.3 Å². The molecule has 76 valence electrons. The van der Waals surface area contributed by atoms with Crippen LogP contribution in [0.15, 0.2) is 0 Å². The Bertz CT molecular complexity index is 162. The summed E-state index contributed by atoms with van der Waals surface area (Å²) in [6.45, 7) is 1.03. The van der Waals surface area contributed by atoms with Gasteiger partial charge in [-0.05, 0) is 12.8 Å². The second kappa shape index (κ2) is 4.37. The smallest absolute Gasteiger partial charge is 0.192 e. The normalized spacial score (nSPS) is 35.3. The fraction of sp³-hybridized carbons (Fsp3) is 1.00. The average Bonchev–Trinajstić information content (AvgIpc) is 2.76. The highest BCUT2D eigenvalue weighted by atomic mass is 16.9. The van der Waals surface area contributed by atoms with E-state index in [1.165, 1.54) is 0 Å². The topological polar surface area (TPSA) is 51.2 Å². The molecule has 0 aromatic rings. The summed E-state index contributed by atoms with van der Waals surface area (Å²) in [6.07, 6.45) is 4.32. The molecule has 3 atom stereocenters. The van der Waals surface area contributed by atoms with Crippen LogP contribution in [0.3, 0.4) is 0 Å². The number of rotatable bonds is 7. The molecule has 0 bridgehead atoms. The molecule has 2 rings (SSSR count). The zero-order valence-corrected chi connectivity index (χ0v) is 7.65. The lowest BCUT2D eigenvalue weighted by Gasteiger charge is -2.20. The van der Waals surface area contributed by atoms with E-state index in [1.54, 1.807) is 0 Å². The maximum absolute atomic E-state index is 8.53. The zero-order valence-electron chi connectivity index (χ0n) is 7.65. The van der Waals surface area contributed by atoms with Gasteiger partial charge in [-0.2, -0.15) is 0 Å². The minimum atomic E-state index is -0.0946. The van der Waals surface area contributed by atoms with E-state index in [9.17, 15) is 0 Å². The molecule has 1 N–H and O–H groups in total. The fourth-order valence-corrected chi connectivity index (χ4v) is 1.43. The summed E-state index contributed by atoms with van der Waals surface area (Å²) in [5.41, 5.74) is 0. The van der Waals surface area contributed by atoms with E-state index >= 15 is 0 Å². The predicted octanol–water partition coefficient (Wildman–Crippen LogP) is 0.637. The molecule has 4 heteroatoms. The first-order chi connectivity index (χ1) is 6.42. The summed E-state index contributed by atoms with van der Waals surface area (Å²) >= 11 is 0. The third-order valence-corrected chi connectivity index (χ3v) is 2.35. The molecule has 2 aliphatic rings. The van der Waals surface area contributed by atoms with Gasteiger partial charge >= 0.3 is 0 Å². The number of unbranched alkanes of at least 4 members (excludes halogenated alkanes) is 3. The number of aliphatic hydroxyl groups is 1. The maximum Gasteiger partial charge on any atom is 0.192 e. The van der Waals surface area contributed by atoms with Gasteiger partial charge in [0.05, 0.1) is 0 Å². The van der Waals surface area contributed by atoms with Crippen molar-refractivity contribution in [1.29, 1.82) is 0 Å². The lowest BCUT2D eigenvalue weighted by atomic mass is 10.2. The number of hydrogen-bond donors (Lipinski definition) is 1. The number of epoxide rings is 1. The molecule has 2 aliphatic heterocycles. The van der Waals surface area contributed by atoms with E-state index in [4.69, 9.17) is 19.3 Å². The van der Waals surface area contributed by atoms with Gasteiger partial charge in [0.25, 0.3) is 0 Å². The van der Waals surface area contributed by atoms with Gasteiger partial charge in [-0.25, -0.2) is 0 Å². The Labute approximate surface area is 77.8 Å². The van der Waals surface area contributed by atoms with E-state index in [-0.39, 0.29) is 18.7 Å². The third kappa shape index (κ3) is 2.40. The van der Waals surface area contributed by atoms with E-state index < -0.39 is 0 Å². The quantitative estimate of drug-likeness (QED) is 0.470. The van der Waals surface area contributed by atoms with Crippen molar-refractivity contribution in [3.63, 3.8) is 0 Å². The Hall–Kier alpha value is -0.160. The highest BCUT2D eigenvalue weighted by molar-refractivity contribution is 4.90. The summed E-state index contributed by atoms with van der Waals surface area (Å²) < 4.78 is 15.6. The Balaban J connectivity index is 1.37. The van der Waals surface area contributed by atoms with Crippen LogP contribution < -0.4 is 0 Å². The Morgan fingerprint density at radius 2 is 1.92 bits per heavy atom. The minimum absolute atomic E-state index is 0.0550. The molecule has 13 heavy (non-hydrogen) atoms. The second-order valence-electron chi connectivity index (χ2n) is 3.48. The molecular weight excluding hydrogens is 172 g/mol. The number of aliphatic hydroxyl groups excluding tert-OH is 1. The summed E-state index contributed by atoms with van der Waals surface area (Å²) in [4.78, 5) is 0. The van der Waals surface area contributed by atoms with Crippen LogP contribution in [0.1, 0.15) is 25.7 Å². The van der Waals surface area contributed by atoms with Crippen molar-refractivity contribution in [1.82, 2.24) is 0 Å².